The van der Waals surface area contributed by atoms with Crippen molar-refractivity contribution in [2.75, 3.05) is 11.9 Å². The molecule has 0 aliphatic carbocycles. The molecule has 1 atom stereocenters. The fraction of sp³-hybridized carbons (Fsp3) is 0.300. The zero-order valence-electron chi connectivity index (χ0n) is 7.58. The van der Waals surface area contributed by atoms with Gasteiger partial charge in [-0.15, -0.1) is 0 Å². The van der Waals surface area contributed by atoms with Crippen LogP contribution in [0.5, 0.6) is 0 Å². The lowest BCUT2D eigenvalue weighted by atomic mass is 9.94. The molecule has 2 rings (SSSR count). The summed E-state index contributed by atoms with van der Waals surface area (Å²) in [4.78, 5) is 11.4. The molecule has 1 aliphatic rings. The van der Waals surface area contributed by atoms with Gasteiger partial charge in [-0.25, -0.2) is 0 Å². The predicted molar refractivity (Wildman–Crippen MR) is 52.1 cm³/mol. The van der Waals surface area contributed by atoms with E-state index in [-0.39, 0.29) is 18.4 Å². The van der Waals surface area contributed by atoms with Crippen molar-refractivity contribution in [2.24, 2.45) is 5.92 Å². The first kappa shape index (κ1) is 9.02. The van der Waals surface area contributed by atoms with Gasteiger partial charge in [0.2, 0.25) is 5.91 Å². The molecule has 4 heteroatoms. The Morgan fingerprint density at radius 3 is 3.07 bits per heavy atom. The number of aliphatic hydroxyl groups excluding tert-OH is 1. The molecular weight excluding hydrogens is 180 g/mol. The maximum atomic E-state index is 11.4. The summed E-state index contributed by atoms with van der Waals surface area (Å²) in [5.41, 5.74) is 9.46. The van der Waals surface area contributed by atoms with E-state index < -0.39 is 0 Å². The molecule has 4 nitrogen and oxygen atoms in total. The first-order valence-corrected chi connectivity index (χ1v) is 4.47. The first-order chi connectivity index (χ1) is 6.70. The standard InChI is InChI=1S/C10H11N2O2/c11-8-2-1-6-3-7(5-13)10(14)12-9(6)4-8/h1-2,4,7,11,13H,3,5H2,(H,12,14). The molecule has 1 amide bonds. The van der Waals surface area contributed by atoms with E-state index in [0.29, 0.717) is 17.8 Å². The number of aliphatic hydroxyl groups is 1. The van der Waals surface area contributed by atoms with Gasteiger partial charge < -0.3 is 16.2 Å². The maximum Gasteiger partial charge on any atom is 0.230 e. The van der Waals surface area contributed by atoms with Crippen LogP contribution < -0.4 is 11.1 Å². The summed E-state index contributed by atoms with van der Waals surface area (Å²) in [5, 5.41) is 11.6. The van der Waals surface area contributed by atoms with Crippen LogP contribution in [0.15, 0.2) is 18.2 Å². The molecule has 3 N–H and O–H groups in total. The Kier molecular flexibility index (Phi) is 2.13. The van der Waals surface area contributed by atoms with E-state index >= 15 is 0 Å². The summed E-state index contributed by atoms with van der Waals surface area (Å²) < 4.78 is 0. The number of amides is 1. The van der Waals surface area contributed by atoms with Gasteiger partial charge in [0.25, 0.3) is 0 Å². The van der Waals surface area contributed by atoms with E-state index in [9.17, 15) is 4.79 Å². The molecule has 0 saturated carbocycles. The van der Waals surface area contributed by atoms with Gasteiger partial charge in [0.1, 0.15) is 0 Å². The minimum atomic E-state index is -0.348. The third-order valence-corrected chi connectivity index (χ3v) is 2.43. The van der Waals surface area contributed by atoms with Crippen LogP contribution in [-0.2, 0) is 11.2 Å². The molecular formula is C10H11N2O2. The second-order valence-electron chi connectivity index (χ2n) is 3.44. The molecule has 1 aliphatic heterocycles. The molecule has 0 fully saturated rings. The van der Waals surface area contributed by atoms with Crippen LogP contribution >= 0.6 is 0 Å². The number of rotatable bonds is 1. The summed E-state index contributed by atoms with van der Waals surface area (Å²) in [7, 11) is 0. The number of fused-ring (bicyclic) bond motifs is 1. The van der Waals surface area contributed by atoms with Crippen LogP contribution in [-0.4, -0.2) is 17.6 Å². The van der Waals surface area contributed by atoms with Crippen LogP contribution in [0.3, 0.4) is 0 Å². The Morgan fingerprint density at radius 2 is 2.36 bits per heavy atom. The fourth-order valence-electron chi connectivity index (χ4n) is 1.61. The van der Waals surface area contributed by atoms with E-state index in [1.54, 1.807) is 12.1 Å². The Hall–Kier alpha value is -1.55. The van der Waals surface area contributed by atoms with Crippen LogP contribution in [0.1, 0.15) is 5.56 Å². The summed E-state index contributed by atoms with van der Waals surface area (Å²) >= 11 is 0. The molecule has 0 bridgehead atoms. The van der Waals surface area contributed by atoms with Crippen molar-refractivity contribution in [3.63, 3.8) is 0 Å². The number of nitrogens with one attached hydrogen (secondary N) is 2. The van der Waals surface area contributed by atoms with Crippen molar-refractivity contribution < 1.29 is 9.90 Å². The molecule has 0 aromatic heterocycles. The zero-order chi connectivity index (χ0) is 10.1. The summed E-state index contributed by atoms with van der Waals surface area (Å²) in [6.45, 7) is -0.131. The fourth-order valence-corrected chi connectivity index (χ4v) is 1.61. The maximum absolute atomic E-state index is 11.4. The second kappa shape index (κ2) is 3.31. The molecule has 1 aromatic carbocycles. The zero-order valence-corrected chi connectivity index (χ0v) is 7.58. The second-order valence-corrected chi connectivity index (χ2v) is 3.44. The van der Waals surface area contributed by atoms with Crippen molar-refractivity contribution in [2.45, 2.75) is 6.42 Å². The van der Waals surface area contributed by atoms with Gasteiger partial charge in [-0.05, 0) is 24.1 Å². The smallest absolute Gasteiger partial charge is 0.230 e. The summed E-state index contributed by atoms with van der Waals surface area (Å²) in [6, 6.07) is 5.13. The topological polar surface area (TPSA) is 73.1 Å². The minimum Gasteiger partial charge on any atom is -0.396 e. The normalized spacial score (nSPS) is 20.1. The lowest BCUT2D eigenvalue weighted by Crippen LogP contribution is -2.32. The molecule has 14 heavy (non-hydrogen) atoms. The highest BCUT2D eigenvalue weighted by molar-refractivity contribution is 5.96. The molecule has 0 spiro atoms. The third kappa shape index (κ3) is 1.44. The van der Waals surface area contributed by atoms with E-state index in [0.717, 1.165) is 5.56 Å². The van der Waals surface area contributed by atoms with Gasteiger partial charge in [-0.3, -0.25) is 4.79 Å². The largest absolute Gasteiger partial charge is 0.396 e. The van der Waals surface area contributed by atoms with Crippen molar-refractivity contribution in [1.29, 1.82) is 0 Å². The Balaban J connectivity index is 2.35. The van der Waals surface area contributed by atoms with Crippen LogP contribution in [0.25, 0.3) is 0 Å². The van der Waals surface area contributed by atoms with E-state index in [1.165, 1.54) is 0 Å². The SMILES string of the molecule is [NH]c1ccc2c(c1)NC(=O)C(CO)C2. The number of carbonyl (C=O) groups excluding carboxylic acids is 1. The average molecular weight is 191 g/mol. The minimum absolute atomic E-state index is 0.131. The van der Waals surface area contributed by atoms with Gasteiger partial charge in [-0.1, -0.05) is 6.07 Å². The molecule has 0 saturated heterocycles. The van der Waals surface area contributed by atoms with Gasteiger partial charge in [0, 0.05) is 5.69 Å². The molecule has 1 radical (unpaired) electrons. The van der Waals surface area contributed by atoms with Crippen molar-refractivity contribution in [3.05, 3.63) is 23.8 Å². The van der Waals surface area contributed by atoms with Crippen molar-refractivity contribution in [3.8, 4) is 0 Å². The first-order valence-electron chi connectivity index (χ1n) is 4.47. The highest BCUT2D eigenvalue weighted by Crippen LogP contribution is 2.27. The molecule has 1 unspecified atom stereocenters. The van der Waals surface area contributed by atoms with Crippen LogP contribution in [0.2, 0.25) is 0 Å². The highest BCUT2D eigenvalue weighted by Gasteiger charge is 2.25. The molecule has 1 aromatic rings. The number of hydrogen-bond donors (Lipinski definition) is 2. The lowest BCUT2D eigenvalue weighted by Gasteiger charge is -2.23. The van der Waals surface area contributed by atoms with Crippen molar-refractivity contribution >= 4 is 17.3 Å². The van der Waals surface area contributed by atoms with Gasteiger partial charge >= 0.3 is 0 Å². The van der Waals surface area contributed by atoms with Crippen LogP contribution in [0.4, 0.5) is 11.4 Å². The highest BCUT2D eigenvalue weighted by atomic mass is 16.3. The molecule has 1 heterocycles. The van der Waals surface area contributed by atoms with Crippen molar-refractivity contribution in [1.82, 2.24) is 5.73 Å². The average Bonchev–Trinajstić information content (AvgIpc) is 2.16. The van der Waals surface area contributed by atoms with E-state index in [1.807, 2.05) is 6.07 Å². The Morgan fingerprint density at radius 1 is 1.57 bits per heavy atom. The number of hydrogen-bond acceptors (Lipinski definition) is 2. The van der Waals surface area contributed by atoms with E-state index in [4.69, 9.17) is 10.8 Å². The molecule has 73 valence electrons. The quantitative estimate of drug-likeness (QED) is 0.685. The summed E-state index contributed by atoms with van der Waals surface area (Å²) in [5.74, 6) is -0.510. The van der Waals surface area contributed by atoms with Gasteiger partial charge in [0.05, 0.1) is 18.2 Å². The van der Waals surface area contributed by atoms with Gasteiger partial charge in [-0.2, -0.15) is 0 Å². The van der Waals surface area contributed by atoms with Gasteiger partial charge in [0.15, 0.2) is 0 Å². The predicted octanol–water partition coefficient (Wildman–Crippen LogP) is 0.704. The lowest BCUT2D eigenvalue weighted by molar-refractivity contribution is -0.121. The summed E-state index contributed by atoms with van der Waals surface area (Å²) in [6.07, 6.45) is 0.554. The Bertz CT molecular complexity index is 376. The Labute approximate surface area is 81.7 Å². The van der Waals surface area contributed by atoms with E-state index in [2.05, 4.69) is 5.32 Å². The monoisotopic (exact) mass is 191 g/mol. The van der Waals surface area contributed by atoms with Crippen LogP contribution in [0, 0.1) is 5.92 Å². The third-order valence-electron chi connectivity index (χ3n) is 2.43. The number of benzene rings is 1. The number of anilines is 1. The number of carbonyl (C=O) groups is 1.